The van der Waals surface area contributed by atoms with Crippen molar-refractivity contribution in [1.29, 1.82) is 0 Å². The van der Waals surface area contributed by atoms with E-state index >= 15 is 0 Å². The van der Waals surface area contributed by atoms with E-state index in [1.807, 2.05) is 30.9 Å². The van der Waals surface area contributed by atoms with Gasteiger partial charge >= 0.3 is 6.03 Å². The molecule has 0 aliphatic carbocycles. The van der Waals surface area contributed by atoms with Crippen molar-refractivity contribution in [1.82, 2.24) is 10.2 Å². The molecule has 1 N–H and O–H groups in total. The number of urea groups is 1. The molecule has 4 nitrogen and oxygen atoms in total. The van der Waals surface area contributed by atoms with Crippen molar-refractivity contribution < 1.29 is 9.21 Å². The van der Waals surface area contributed by atoms with E-state index in [0.717, 1.165) is 37.5 Å². The number of hydrogen-bond acceptors (Lipinski definition) is 2. The van der Waals surface area contributed by atoms with Crippen LogP contribution >= 0.6 is 0 Å². The van der Waals surface area contributed by atoms with E-state index in [1.165, 1.54) is 6.42 Å². The molecule has 1 unspecified atom stereocenters. The summed E-state index contributed by atoms with van der Waals surface area (Å²) in [6.45, 7) is 5.59. The lowest BCUT2D eigenvalue weighted by Gasteiger charge is -2.28. The molecule has 0 bridgehead atoms. The topological polar surface area (TPSA) is 45.5 Å². The zero-order chi connectivity index (χ0) is 12.3. The SMILES string of the molecule is Cc1ccc(C(C)NC(=O)N2CCCCC2)o1. The van der Waals surface area contributed by atoms with Crippen LogP contribution in [0.25, 0.3) is 0 Å². The van der Waals surface area contributed by atoms with Crippen molar-refractivity contribution >= 4 is 6.03 Å². The van der Waals surface area contributed by atoms with Gasteiger partial charge in [-0.25, -0.2) is 4.79 Å². The minimum absolute atomic E-state index is 0.0197. The first-order chi connectivity index (χ1) is 8.16. The van der Waals surface area contributed by atoms with Gasteiger partial charge in [0.25, 0.3) is 0 Å². The van der Waals surface area contributed by atoms with E-state index < -0.39 is 0 Å². The molecule has 1 aromatic heterocycles. The van der Waals surface area contributed by atoms with Crippen molar-refractivity contribution in [2.24, 2.45) is 0 Å². The molecule has 1 saturated heterocycles. The lowest BCUT2D eigenvalue weighted by atomic mass is 10.1. The quantitative estimate of drug-likeness (QED) is 0.858. The smallest absolute Gasteiger partial charge is 0.317 e. The molecule has 1 aromatic rings. The van der Waals surface area contributed by atoms with Crippen LogP contribution in [0.2, 0.25) is 0 Å². The molecule has 2 rings (SSSR count). The van der Waals surface area contributed by atoms with Crippen LogP contribution in [0.15, 0.2) is 16.5 Å². The summed E-state index contributed by atoms with van der Waals surface area (Å²) < 4.78 is 5.50. The fourth-order valence-electron chi connectivity index (χ4n) is 2.13. The largest absolute Gasteiger partial charge is 0.464 e. The summed E-state index contributed by atoms with van der Waals surface area (Å²) in [5.74, 6) is 1.69. The Labute approximate surface area is 102 Å². The second-order valence-corrected chi connectivity index (χ2v) is 4.67. The highest BCUT2D eigenvalue weighted by Crippen LogP contribution is 2.16. The Morgan fingerprint density at radius 2 is 2.06 bits per heavy atom. The number of carbonyl (C=O) groups is 1. The normalized spacial score (nSPS) is 17.9. The molecule has 0 radical (unpaired) electrons. The maximum absolute atomic E-state index is 12.0. The second kappa shape index (κ2) is 5.25. The Bertz CT molecular complexity index is 381. The van der Waals surface area contributed by atoms with E-state index in [9.17, 15) is 4.79 Å². The predicted molar refractivity (Wildman–Crippen MR) is 65.8 cm³/mol. The summed E-state index contributed by atoms with van der Waals surface area (Å²) in [6.07, 6.45) is 3.46. The minimum Gasteiger partial charge on any atom is -0.464 e. The minimum atomic E-state index is -0.0712. The van der Waals surface area contributed by atoms with Gasteiger partial charge in [0.2, 0.25) is 0 Å². The molecule has 0 spiro atoms. The van der Waals surface area contributed by atoms with Crippen LogP contribution in [0.4, 0.5) is 4.79 Å². The van der Waals surface area contributed by atoms with Gasteiger partial charge in [-0.15, -0.1) is 0 Å². The third kappa shape index (κ3) is 3.02. The molecule has 0 saturated carbocycles. The van der Waals surface area contributed by atoms with Crippen LogP contribution in [0.3, 0.4) is 0 Å². The highest BCUT2D eigenvalue weighted by molar-refractivity contribution is 5.74. The number of nitrogens with one attached hydrogen (secondary N) is 1. The third-order valence-electron chi connectivity index (χ3n) is 3.17. The third-order valence-corrected chi connectivity index (χ3v) is 3.17. The van der Waals surface area contributed by atoms with Gasteiger partial charge in [0, 0.05) is 13.1 Å². The number of rotatable bonds is 2. The van der Waals surface area contributed by atoms with Gasteiger partial charge in [-0.3, -0.25) is 0 Å². The first-order valence-electron chi connectivity index (χ1n) is 6.28. The molecule has 1 aliphatic rings. The van der Waals surface area contributed by atoms with Crippen LogP contribution in [0.1, 0.15) is 43.7 Å². The highest BCUT2D eigenvalue weighted by Gasteiger charge is 2.19. The Hall–Kier alpha value is -1.45. The molecule has 1 aliphatic heterocycles. The zero-order valence-electron chi connectivity index (χ0n) is 10.5. The molecule has 94 valence electrons. The average molecular weight is 236 g/mol. The Morgan fingerprint density at radius 1 is 1.35 bits per heavy atom. The standard InChI is InChI=1S/C13H20N2O2/c1-10-6-7-12(17-10)11(2)14-13(16)15-8-4-3-5-9-15/h6-7,11H,3-5,8-9H2,1-2H3,(H,14,16). The number of hydrogen-bond donors (Lipinski definition) is 1. The van der Waals surface area contributed by atoms with E-state index in [4.69, 9.17) is 4.42 Å². The predicted octanol–water partition coefficient (Wildman–Crippen LogP) is 2.84. The maximum atomic E-state index is 12.0. The summed E-state index contributed by atoms with van der Waals surface area (Å²) in [5.41, 5.74) is 0. The fourth-order valence-corrected chi connectivity index (χ4v) is 2.13. The molecule has 17 heavy (non-hydrogen) atoms. The lowest BCUT2D eigenvalue weighted by Crippen LogP contribution is -2.43. The monoisotopic (exact) mass is 236 g/mol. The van der Waals surface area contributed by atoms with Gasteiger partial charge in [-0.1, -0.05) is 0 Å². The lowest BCUT2D eigenvalue weighted by molar-refractivity contribution is 0.182. The van der Waals surface area contributed by atoms with Gasteiger partial charge in [-0.05, 0) is 45.2 Å². The van der Waals surface area contributed by atoms with E-state index in [-0.39, 0.29) is 12.1 Å². The molecule has 0 aromatic carbocycles. The van der Waals surface area contributed by atoms with Gasteiger partial charge in [0.05, 0.1) is 6.04 Å². The van der Waals surface area contributed by atoms with Crippen LogP contribution < -0.4 is 5.32 Å². The highest BCUT2D eigenvalue weighted by atomic mass is 16.3. The van der Waals surface area contributed by atoms with Crippen molar-refractivity contribution in [3.05, 3.63) is 23.7 Å². The molecule has 2 heterocycles. The number of furan rings is 1. The molecule has 4 heteroatoms. The van der Waals surface area contributed by atoms with Gasteiger partial charge in [0.1, 0.15) is 11.5 Å². The Balaban J connectivity index is 1.89. The molecular weight excluding hydrogens is 216 g/mol. The van der Waals surface area contributed by atoms with Crippen molar-refractivity contribution in [2.75, 3.05) is 13.1 Å². The molecular formula is C13H20N2O2. The van der Waals surface area contributed by atoms with Crippen LogP contribution in [0, 0.1) is 6.92 Å². The number of piperidine rings is 1. The summed E-state index contributed by atoms with van der Waals surface area (Å²) in [6, 6.07) is 3.78. The summed E-state index contributed by atoms with van der Waals surface area (Å²) >= 11 is 0. The average Bonchev–Trinajstić information content (AvgIpc) is 2.77. The first-order valence-corrected chi connectivity index (χ1v) is 6.28. The summed E-state index contributed by atoms with van der Waals surface area (Å²) in [4.78, 5) is 13.8. The van der Waals surface area contributed by atoms with Gasteiger partial charge in [0.15, 0.2) is 0 Å². The molecule has 2 amide bonds. The number of nitrogens with zero attached hydrogens (tertiary/aromatic N) is 1. The number of aryl methyl sites for hydroxylation is 1. The van der Waals surface area contributed by atoms with Crippen LogP contribution in [-0.2, 0) is 0 Å². The maximum Gasteiger partial charge on any atom is 0.317 e. The van der Waals surface area contributed by atoms with Gasteiger partial charge < -0.3 is 14.6 Å². The molecule has 1 fully saturated rings. The van der Waals surface area contributed by atoms with Crippen molar-refractivity contribution in [3.63, 3.8) is 0 Å². The fraction of sp³-hybridized carbons (Fsp3) is 0.615. The Kier molecular flexibility index (Phi) is 3.71. The van der Waals surface area contributed by atoms with E-state index in [1.54, 1.807) is 0 Å². The second-order valence-electron chi connectivity index (χ2n) is 4.67. The Morgan fingerprint density at radius 3 is 2.65 bits per heavy atom. The summed E-state index contributed by atoms with van der Waals surface area (Å²) in [7, 11) is 0. The van der Waals surface area contributed by atoms with E-state index in [2.05, 4.69) is 5.32 Å². The number of amides is 2. The number of carbonyl (C=O) groups excluding carboxylic acids is 1. The van der Waals surface area contributed by atoms with Crippen LogP contribution in [0.5, 0.6) is 0 Å². The first kappa shape index (κ1) is 12.0. The van der Waals surface area contributed by atoms with Crippen molar-refractivity contribution in [2.45, 2.75) is 39.2 Å². The summed E-state index contributed by atoms with van der Waals surface area (Å²) in [5, 5.41) is 2.97. The molecule has 1 atom stereocenters. The van der Waals surface area contributed by atoms with Crippen LogP contribution in [-0.4, -0.2) is 24.0 Å². The van der Waals surface area contributed by atoms with Gasteiger partial charge in [-0.2, -0.15) is 0 Å². The van der Waals surface area contributed by atoms with E-state index in [0.29, 0.717) is 0 Å². The van der Waals surface area contributed by atoms with Crippen molar-refractivity contribution in [3.8, 4) is 0 Å². The number of likely N-dealkylation sites (tertiary alicyclic amines) is 1. The zero-order valence-corrected chi connectivity index (χ0v) is 10.5.